The summed E-state index contributed by atoms with van der Waals surface area (Å²) in [5.41, 5.74) is 4.71. The molecule has 24 heavy (non-hydrogen) atoms. The van der Waals surface area contributed by atoms with E-state index in [1.807, 2.05) is 59.2 Å². The number of halogens is 1. The van der Waals surface area contributed by atoms with Crippen molar-refractivity contribution in [3.8, 4) is 17.0 Å². The van der Waals surface area contributed by atoms with Crippen LogP contribution in [0.25, 0.3) is 16.9 Å². The summed E-state index contributed by atoms with van der Waals surface area (Å²) in [7, 11) is 0. The molecule has 0 amide bonds. The van der Waals surface area contributed by atoms with Gasteiger partial charge in [-0.05, 0) is 29.8 Å². The highest BCUT2D eigenvalue weighted by Gasteiger charge is 2.09. The van der Waals surface area contributed by atoms with E-state index in [0.717, 1.165) is 28.2 Å². The van der Waals surface area contributed by atoms with Crippen LogP contribution in [-0.2, 0) is 6.42 Å². The van der Waals surface area contributed by atoms with E-state index in [4.69, 9.17) is 16.7 Å². The van der Waals surface area contributed by atoms with Crippen molar-refractivity contribution in [2.45, 2.75) is 6.42 Å². The summed E-state index contributed by atoms with van der Waals surface area (Å²) in [6.07, 6.45) is 2.45. The van der Waals surface area contributed by atoms with Crippen LogP contribution in [0.15, 0.2) is 66.9 Å². The van der Waals surface area contributed by atoms with Crippen molar-refractivity contribution in [3.63, 3.8) is 0 Å². The molecule has 2 aromatic heterocycles. The molecule has 2 aromatic carbocycles. The van der Waals surface area contributed by atoms with Gasteiger partial charge in [0.25, 0.3) is 0 Å². The van der Waals surface area contributed by atoms with Crippen LogP contribution in [0.5, 0.6) is 5.75 Å². The molecule has 0 bridgehead atoms. The predicted octanol–water partition coefficient (Wildman–Crippen LogP) is 4.35. The van der Waals surface area contributed by atoms with Gasteiger partial charge in [-0.15, -0.1) is 0 Å². The van der Waals surface area contributed by atoms with Crippen LogP contribution in [-0.4, -0.2) is 19.7 Å². The number of hydrogen-bond acceptors (Lipinski definition) is 3. The van der Waals surface area contributed by atoms with E-state index in [0.29, 0.717) is 11.4 Å². The van der Waals surface area contributed by atoms with E-state index in [-0.39, 0.29) is 5.75 Å². The lowest BCUT2D eigenvalue weighted by Crippen LogP contribution is -2.00. The number of hydrogen-bond donors (Lipinski definition) is 1. The lowest BCUT2D eigenvalue weighted by molar-refractivity contribution is 0.475. The van der Waals surface area contributed by atoms with E-state index in [1.165, 1.54) is 0 Å². The summed E-state index contributed by atoms with van der Waals surface area (Å²) in [5, 5.41) is 14.6. The van der Waals surface area contributed by atoms with Crippen LogP contribution in [0, 0.1) is 0 Å². The lowest BCUT2D eigenvalue weighted by Gasteiger charge is -2.05. The number of phenols is 1. The first kappa shape index (κ1) is 14.7. The molecule has 0 aliphatic rings. The molecule has 4 rings (SSSR count). The molecule has 1 N–H and O–H groups in total. The molecule has 0 atom stereocenters. The summed E-state index contributed by atoms with van der Waals surface area (Å²) >= 11 is 5.99. The van der Waals surface area contributed by atoms with Crippen molar-refractivity contribution in [2.24, 2.45) is 0 Å². The predicted molar refractivity (Wildman–Crippen MR) is 94.3 cm³/mol. The molecule has 118 valence electrons. The molecule has 0 fully saturated rings. The SMILES string of the molecule is Oc1ccc(Cc2cnc3ccc(-c4ccccc4)nn23)cc1Cl. The minimum atomic E-state index is 0.0862. The minimum absolute atomic E-state index is 0.0862. The second kappa shape index (κ2) is 5.98. The molecule has 4 nitrogen and oxygen atoms in total. The molecule has 4 aromatic rings. The van der Waals surface area contributed by atoms with E-state index < -0.39 is 0 Å². The van der Waals surface area contributed by atoms with Gasteiger partial charge in [0.2, 0.25) is 0 Å². The third kappa shape index (κ3) is 2.72. The zero-order valence-electron chi connectivity index (χ0n) is 12.7. The molecule has 0 aliphatic carbocycles. The number of benzene rings is 2. The molecular weight excluding hydrogens is 322 g/mol. The fourth-order valence-corrected chi connectivity index (χ4v) is 2.88. The van der Waals surface area contributed by atoms with E-state index in [2.05, 4.69) is 4.98 Å². The summed E-state index contributed by atoms with van der Waals surface area (Å²) in [6, 6.07) is 19.2. The Hall–Kier alpha value is -2.85. The van der Waals surface area contributed by atoms with Crippen LogP contribution in [0.4, 0.5) is 0 Å². The summed E-state index contributed by atoms with van der Waals surface area (Å²) < 4.78 is 1.85. The van der Waals surface area contributed by atoms with Gasteiger partial charge in [0.05, 0.1) is 22.6 Å². The fourth-order valence-electron chi connectivity index (χ4n) is 2.67. The van der Waals surface area contributed by atoms with Crippen molar-refractivity contribution < 1.29 is 5.11 Å². The van der Waals surface area contributed by atoms with Gasteiger partial charge in [-0.3, -0.25) is 0 Å². The van der Waals surface area contributed by atoms with Gasteiger partial charge in [0.1, 0.15) is 5.75 Å². The second-order valence-corrected chi connectivity index (χ2v) is 5.97. The van der Waals surface area contributed by atoms with Crippen LogP contribution < -0.4 is 0 Å². The molecule has 0 unspecified atom stereocenters. The maximum atomic E-state index is 9.54. The highest BCUT2D eigenvalue weighted by Crippen LogP contribution is 2.25. The largest absolute Gasteiger partial charge is 0.506 e. The second-order valence-electron chi connectivity index (χ2n) is 5.57. The van der Waals surface area contributed by atoms with Gasteiger partial charge in [0.15, 0.2) is 5.65 Å². The number of phenolic OH excluding ortho intramolecular Hbond substituents is 1. The van der Waals surface area contributed by atoms with Crippen molar-refractivity contribution in [1.82, 2.24) is 14.6 Å². The zero-order chi connectivity index (χ0) is 16.5. The topological polar surface area (TPSA) is 50.4 Å². The molecule has 2 heterocycles. The normalized spacial score (nSPS) is 11.0. The first-order valence-electron chi connectivity index (χ1n) is 7.57. The number of fused-ring (bicyclic) bond motifs is 1. The Labute approximate surface area is 144 Å². The van der Waals surface area contributed by atoms with Gasteiger partial charge in [-0.2, -0.15) is 5.10 Å². The maximum Gasteiger partial charge on any atom is 0.153 e. The number of imidazole rings is 1. The minimum Gasteiger partial charge on any atom is -0.506 e. The molecular formula is C19H14ClN3O. The Balaban J connectivity index is 1.74. The number of rotatable bonds is 3. The van der Waals surface area contributed by atoms with Crippen molar-refractivity contribution in [1.29, 1.82) is 0 Å². The molecule has 0 saturated heterocycles. The molecule has 0 saturated carbocycles. The zero-order valence-corrected chi connectivity index (χ0v) is 13.5. The lowest BCUT2D eigenvalue weighted by atomic mass is 10.1. The monoisotopic (exact) mass is 335 g/mol. The summed E-state index contributed by atoms with van der Waals surface area (Å²) in [6.45, 7) is 0. The third-order valence-corrected chi connectivity index (χ3v) is 4.20. The Kier molecular flexibility index (Phi) is 3.67. The van der Waals surface area contributed by atoms with E-state index >= 15 is 0 Å². The van der Waals surface area contributed by atoms with Crippen LogP contribution >= 0.6 is 11.6 Å². The van der Waals surface area contributed by atoms with Crippen LogP contribution in [0.2, 0.25) is 5.02 Å². The maximum absolute atomic E-state index is 9.54. The Morgan fingerprint density at radius 3 is 2.62 bits per heavy atom. The average Bonchev–Trinajstić information content (AvgIpc) is 3.01. The number of nitrogens with zero attached hydrogens (tertiary/aromatic N) is 3. The highest BCUT2D eigenvalue weighted by atomic mass is 35.5. The molecule has 0 aliphatic heterocycles. The van der Waals surface area contributed by atoms with Gasteiger partial charge in [-0.1, -0.05) is 48.0 Å². The Morgan fingerprint density at radius 2 is 1.83 bits per heavy atom. The number of aromatic nitrogens is 3. The third-order valence-electron chi connectivity index (χ3n) is 3.90. The van der Waals surface area contributed by atoms with Crippen molar-refractivity contribution in [2.75, 3.05) is 0 Å². The molecule has 0 radical (unpaired) electrons. The van der Waals surface area contributed by atoms with Gasteiger partial charge < -0.3 is 5.11 Å². The van der Waals surface area contributed by atoms with Crippen molar-refractivity contribution in [3.05, 3.63) is 83.1 Å². The van der Waals surface area contributed by atoms with Crippen molar-refractivity contribution >= 4 is 17.2 Å². The molecule has 5 heteroatoms. The van der Waals surface area contributed by atoms with Gasteiger partial charge >= 0.3 is 0 Å². The van der Waals surface area contributed by atoms with Gasteiger partial charge in [-0.25, -0.2) is 9.50 Å². The van der Waals surface area contributed by atoms with Crippen LogP contribution in [0.3, 0.4) is 0 Å². The average molecular weight is 336 g/mol. The summed E-state index contributed by atoms with van der Waals surface area (Å²) in [4.78, 5) is 4.41. The van der Waals surface area contributed by atoms with Gasteiger partial charge in [0, 0.05) is 12.0 Å². The van der Waals surface area contributed by atoms with E-state index in [1.54, 1.807) is 12.1 Å². The first-order chi connectivity index (χ1) is 11.7. The fraction of sp³-hybridized carbons (Fsp3) is 0.0526. The summed E-state index contributed by atoms with van der Waals surface area (Å²) in [5.74, 6) is 0.0862. The standard InChI is InChI=1S/C19H14ClN3O/c20-16-11-13(6-8-18(16)24)10-15-12-21-19-9-7-17(22-23(15)19)14-4-2-1-3-5-14/h1-9,11-12,24H,10H2. The first-order valence-corrected chi connectivity index (χ1v) is 7.95. The Morgan fingerprint density at radius 1 is 1.00 bits per heavy atom. The Bertz CT molecular complexity index is 1010. The highest BCUT2D eigenvalue weighted by molar-refractivity contribution is 6.32. The smallest absolute Gasteiger partial charge is 0.153 e. The van der Waals surface area contributed by atoms with Crippen LogP contribution in [0.1, 0.15) is 11.3 Å². The number of aromatic hydroxyl groups is 1. The van der Waals surface area contributed by atoms with E-state index in [9.17, 15) is 5.11 Å². The quantitative estimate of drug-likeness (QED) is 0.605. The molecule has 0 spiro atoms.